The first-order valence-electron chi connectivity index (χ1n) is 26.4. The zero-order valence-corrected chi connectivity index (χ0v) is 45.0. The number of benzene rings is 4. The highest BCUT2D eigenvalue weighted by Crippen LogP contribution is 2.46. The first-order valence-corrected chi connectivity index (χ1v) is 27.2. The van der Waals surface area contributed by atoms with Crippen molar-refractivity contribution in [2.75, 3.05) is 50.6 Å². The van der Waals surface area contributed by atoms with Gasteiger partial charge in [-0.25, -0.2) is 13.5 Å². The van der Waals surface area contributed by atoms with Crippen molar-refractivity contribution in [1.82, 2.24) is 45.5 Å². The Kier molecular flexibility index (Phi) is 15.1. The highest BCUT2D eigenvalue weighted by molar-refractivity contribution is 7.23. The van der Waals surface area contributed by atoms with Crippen LogP contribution in [0.4, 0.5) is 19.6 Å². The minimum atomic E-state index is -1.04. The molecule has 4 aromatic heterocycles. The SMILES string of the molecule is CO[C@@H](C)COc1nc(N2C[C@@H]3C[C@H]2CN3)c2cnc(-c3ccc(F)c4sc(N)c(C#N)c34)c(OCc3ccc(-c4cn([C@H](C(=O)N5C[C@H](O)C[C@H]5C(=O)N[C@@H](CO)c5ccc(-c6ccccc6F)cc5)C(C)C)nn4)cc3)c2n1. The fourth-order valence-electron chi connectivity index (χ4n) is 11.0. The lowest BCUT2D eigenvalue weighted by Crippen LogP contribution is -2.50. The number of hydrogen-bond acceptors (Lipinski definition) is 17. The Morgan fingerprint density at radius 1 is 0.963 bits per heavy atom. The number of carbonyl (C=O) groups excluding carboxylic acids is 2. The van der Waals surface area contributed by atoms with Gasteiger partial charge in [0.25, 0.3) is 0 Å². The van der Waals surface area contributed by atoms with Crippen molar-refractivity contribution >= 4 is 55.0 Å². The summed E-state index contributed by atoms with van der Waals surface area (Å²) in [5.41, 5.74) is 11.1. The number of aromatic nitrogens is 6. The van der Waals surface area contributed by atoms with Gasteiger partial charge in [-0.05, 0) is 54.2 Å². The third kappa shape index (κ3) is 10.3. The molecular formula is C58H58F2N12O7S. The van der Waals surface area contributed by atoms with Crippen molar-refractivity contribution in [3.05, 3.63) is 126 Å². The van der Waals surface area contributed by atoms with Crippen LogP contribution in [0.25, 0.3) is 54.6 Å². The second kappa shape index (κ2) is 22.5. The number of rotatable bonds is 18. The number of nitrogens with zero attached hydrogens (tertiary/aromatic N) is 9. The number of hydrogen-bond donors (Lipinski definition) is 5. The third-order valence-electron chi connectivity index (χ3n) is 15.2. The maximum absolute atomic E-state index is 15.5. The predicted molar refractivity (Wildman–Crippen MR) is 296 cm³/mol. The van der Waals surface area contributed by atoms with Crippen molar-refractivity contribution in [3.8, 4) is 51.5 Å². The number of aliphatic hydroxyl groups is 2. The number of pyridine rings is 1. The van der Waals surface area contributed by atoms with Gasteiger partial charge in [0, 0.05) is 73.5 Å². The van der Waals surface area contributed by atoms with Gasteiger partial charge >= 0.3 is 6.01 Å². The van der Waals surface area contributed by atoms with Crippen LogP contribution in [-0.2, 0) is 20.9 Å². The number of methoxy groups -OCH3 is 1. The summed E-state index contributed by atoms with van der Waals surface area (Å²) in [4.78, 5) is 47.0. The van der Waals surface area contributed by atoms with Crippen LogP contribution < -0.4 is 30.7 Å². The molecule has 7 heterocycles. The molecule has 11 rings (SSSR count). The van der Waals surface area contributed by atoms with Crippen LogP contribution in [0.15, 0.2) is 97.3 Å². The van der Waals surface area contributed by atoms with Crippen molar-refractivity contribution in [2.24, 2.45) is 5.92 Å². The summed E-state index contributed by atoms with van der Waals surface area (Å²) in [6.07, 6.45) is 3.04. The second-order valence-electron chi connectivity index (χ2n) is 20.8. The Hall–Kier alpha value is -8.20. The molecule has 0 radical (unpaired) electrons. The van der Waals surface area contributed by atoms with Crippen LogP contribution in [0.1, 0.15) is 62.4 Å². The zero-order valence-electron chi connectivity index (χ0n) is 44.2. The lowest BCUT2D eigenvalue weighted by Gasteiger charge is -2.30. The van der Waals surface area contributed by atoms with Gasteiger partial charge < -0.3 is 50.6 Å². The van der Waals surface area contributed by atoms with Crippen LogP contribution in [-0.4, -0.2) is 127 Å². The Morgan fingerprint density at radius 2 is 1.74 bits per heavy atom. The number of β-amino-alcohol motifs (C(OH)–C–C–N with tert-alkyl or cyclic N) is 1. The minimum Gasteiger partial charge on any atom is -0.484 e. The molecule has 8 aromatic rings. The number of piperazine rings is 1. The first-order chi connectivity index (χ1) is 38.7. The topological polar surface area (TPSA) is 252 Å². The first kappa shape index (κ1) is 53.8. The molecule has 0 aliphatic carbocycles. The molecule has 2 bridgehead atoms. The van der Waals surface area contributed by atoms with E-state index >= 15 is 4.39 Å². The normalized spacial score (nSPS) is 18.9. The van der Waals surface area contributed by atoms with Gasteiger partial charge in [-0.3, -0.25) is 14.6 Å². The van der Waals surface area contributed by atoms with E-state index in [1.807, 2.05) is 45.0 Å². The number of nitrogen functional groups attached to an aromatic ring is 1. The van der Waals surface area contributed by atoms with Crippen molar-refractivity contribution in [1.29, 1.82) is 5.26 Å². The predicted octanol–water partition coefficient (Wildman–Crippen LogP) is 7.12. The Bertz CT molecular complexity index is 3670. The van der Waals surface area contributed by atoms with Gasteiger partial charge in [0.05, 0.1) is 46.7 Å². The molecule has 80 heavy (non-hydrogen) atoms. The molecule has 6 N–H and O–H groups in total. The van der Waals surface area contributed by atoms with Gasteiger partial charge in [0.1, 0.15) is 70.7 Å². The van der Waals surface area contributed by atoms with E-state index in [-0.39, 0.29) is 83.1 Å². The number of aliphatic hydroxyl groups excluding tert-OH is 2. The maximum atomic E-state index is 15.5. The molecule has 3 saturated heterocycles. The zero-order chi connectivity index (χ0) is 55.9. The summed E-state index contributed by atoms with van der Waals surface area (Å²) in [7, 11) is 1.59. The summed E-state index contributed by atoms with van der Waals surface area (Å²) >= 11 is 0.986. The molecule has 7 atom stereocenters. The lowest BCUT2D eigenvalue weighted by atomic mass is 10.00. The monoisotopic (exact) mass is 1100 g/mol. The highest BCUT2D eigenvalue weighted by Gasteiger charge is 2.44. The van der Waals surface area contributed by atoms with Gasteiger partial charge in [-0.1, -0.05) is 85.8 Å². The summed E-state index contributed by atoms with van der Waals surface area (Å²) < 4.78 is 50.1. The molecule has 3 aliphatic rings. The average Bonchev–Trinajstić information content (AvgIpc) is 4.34. The van der Waals surface area contributed by atoms with Gasteiger partial charge in [-0.15, -0.1) is 16.4 Å². The number of likely N-dealkylation sites (tertiary alicyclic amines) is 1. The molecule has 0 saturated carbocycles. The second-order valence-corrected chi connectivity index (χ2v) is 21.8. The van der Waals surface area contributed by atoms with Crippen molar-refractivity contribution in [2.45, 2.75) is 82.6 Å². The fourth-order valence-corrected chi connectivity index (χ4v) is 11.9. The van der Waals surface area contributed by atoms with E-state index in [2.05, 4.69) is 31.9 Å². The molecule has 22 heteroatoms. The summed E-state index contributed by atoms with van der Waals surface area (Å²) in [6, 6.07) is 23.5. The minimum absolute atomic E-state index is 0.0116. The van der Waals surface area contributed by atoms with Gasteiger partial charge in [0.15, 0.2) is 5.75 Å². The number of amides is 2. The number of fused-ring (bicyclic) bond motifs is 4. The average molecular weight is 1110 g/mol. The number of nitrogens with one attached hydrogen (secondary N) is 2. The number of carbonyl (C=O) groups is 2. The van der Waals surface area contributed by atoms with Crippen LogP contribution in [0.2, 0.25) is 0 Å². The number of nitrogens with two attached hydrogens (primary N) is 1. The van der Waals surface area contributed by atoms with E-state index in [9.17, 15) is 29.5 Å². The molecule has 2 amide bonds. The Balaban J connectivity index is 0.852. The number of halogens is 2. The van der Waals surface area contributed by atoms with Crippen molar-refractivity contribution < 1.29 is 42.8 Å². The molecule has 412 valence electrons. The van der Waals surface area contributed by atoms with Crippen molar-refractivity contribution in [3.63, 3.8) is 0 Å². The largest absolute Gasteiger partial charge is 0.484 e. The standard InChI is InChI=1S/C58H58F2N12O7S/c1-30(2)51(57(76)71-25-38(74)20-47(71)56(75)65-46(27-73)35-15-13-33(14-16-35)39-7-5-6-8-43(39)59)72-26-45(68-69-72)34-11-9-32(10-12-34)29-78-52-49(40-17-18-44(60)53-48(40)41(21-61)54(62)80-53)64-23-42-50(52)66-58(79-28-31(3)77-4)67-55(42)70-24-36-19-37(70)22-63-36/h5-18,23,26,30-31,36-38,46-47,51,63,73-74H,19-20,22,24-25,27-29,62H2,1-4H3,(H,65,75)/t31-,36-,37-,38+,46-,47-,51-/m0/s1. The molecular weight excluding hydrogens is 1050 g/mol. The van der Waals surface area contributed by atoms with Gasteiger partial charge in [-0.2, -0.15) is 15.2 Å². The van der Waals surface area contributed by atoms with E-state index in [0.717, 1.165) is 29.9 Å². The van der Waals surface area contributed by atoms with Crippen LogP contribution in [0.3, 0.4) is 0 Å². The quantitative estimate of drug-likeness (QED) is 0.0574. The number of ether oxygens (including phenoxy) is 3. The smallest absolute Gasteiger partial charge is 0.319 e. The summed E-state index contributed by atoms with van der Waals surface area (Å²) in [5, 5.41) is 47.9. The van der Waals surface area contributed by atoms with E-state index in [1.165, 1.54) is 21.7 Å². The fraction of sp³-hybridized carbons (Fsp3) is 0.345. The molecule has 3 aliphatic heterocycles. The molecule has 3 fully saturated rings. The van der Waals surface area contributed by atoms with Crippen LogP contribution >= 0.6 is 11.3 Å². The molecule has 0 spiro atoms. The maximum Gasteiger partial charge on any atom is 0.319 e. The summed E-state index contributed by atoms with van der Waals surface area (Å²) in [5.74, 6) is -1.32. The van der Waals surface area contributed by atoms with E-state index < -0.39 is 48.5 Å². The highest BCUT2D eigenvalue weighted by atomic mass is 32.1. The Labute approximate surface area is 462 Å². The van der Waals surface area contributed by atoms with E-state index in [4.69, 9.17) is 34.9 Å². The number of thiophene rings is 1. The van der Waals surface area contributed by atoms with Crippen LogP contribution in [0, 0.1) is 28.9 Å². The van der Waals surface area contributed by atoms with E-state index in [0.29, 0.717) is 67.9 Å². The number of anilines is 2. The molecule has 0 unspecified atom stereocenters. The summed E-state index contributed by atoms with van der Waals surface area (Å²) in [6.45, 7) is 6.73. The Morgan fingerprint density at radius 3 is 2.44 bits per heavy atom. The number of nitriles is 1. The van der Waals surface area contributed by atoms with Crippen LogP contribution in [0.5, 0.6) is 11.8 Å². The molecule has 19 nitrogen and oxygen atoms in total. The molecule has 4 aromatic carbocycles. The third-order valence-corrected chi connectivity index (χ3v) is 16.2. The van der Waals surface area contributed by atoms with E-state index in [1.54, 1.807) is 68.0 Å². The lowest BCUT2D eigenvalue weighted by molar-refractivity contribution is -0.142. The van der Waals surface area contributed by atoms with Gasteiger partial charge in [0.2, 0.25) is 11.8 Å².